The molecular weight excluding hydrogens is 232 g/mol. The molecule has 0 radical (unpaired) electrons. The molecule has 5 nitrogen and oxygen atoms in total. The summed E-state index contributed by atoms with van der Waals surface area (Å²) in [5.74, 6) is -0.00791. The molecule has 0 fully saturated rings. The second kappa shape index (κ2) is 4.75. The Kier molecular flexibility index (Phi) is 3.14. The van der Waals surface area contributed by atoms with Gasteiger partial charge in [-0.05, 0) is 31.2 Å². The van der Waals surface area contributed by atoms with Gasteiger partial charge in [-0.2, -0.15) is 0 Å². The van der Waals surface area contributed by atoms with Crippen LogP contribution in [0.1, 0.15) is 5.56 Å². The fourth-order valence-corrected chi connectivity index (χ4v) is 1.65. The first-order valence-corrected chi connectivity index (χ1v) is 5.38. The summed E-state index contributed by atoms with van der Waals surface area (Å²) in [5, 5.41) is 20.9. The van der Waals surface area contributed by atoms with Gasteiger partial charge < -0.3 is 5.11 Å². The monoisotopic (exact) mass is 244 g/mol. The highest BCUT2D eigenvalue weighted by atomic mass is 16.7. The molecule has 0 atom stereocenters. The molecule has 0 saturated heterocycles. The number of nitro groups is 1. The number of benzene rings is 2. The molecule has 1 N–H and O–H groups in total. The lowest BCUT2D eigenvalue weighted by atomic mass is 10.2. The molecule has 0 spiro atoms. The predicted octanol–water partition coefficient (Wildman–Crippen LogP) is 3.03. The number of aryl methyl sites for hydroxylation is 1. The van der Waals surface area contributed by atoms with Gasteiger partial charge >= 0.3 is 0 Å². The normalized spacial score (nSPS) is 10.1. The maximum atomic E-state index is 11.1. The molecule has 0 heterocycles. The molecule has 0 unspecified atom stereocenters. The van der Waals surface area contributed by atoms with Crippen molar-refractivity contribution in [1.82, 2.24) is 0 Å². The number of hydrogen-bond acceptors (Lipinski definition) is 3. The summed E-state index contributed by atoms with van der Waals surface area (Å²) in [7, 11) is 0. The summed E-state index contributed by atoms with van der Waals surface area (Å²) in [6.45, 7) is 1.91. The van der Waals surface area contributed by atoms with E-state index in [1.807, 2.05) is 6.92 Å². The molecule has 0 aliphatic rings. The van der Waals surface area contributed by atoms with Crippen LogP contribution in [0.5, 0.6) is 5.75 Å². The predicted molar refractivity (Wildman–Crippen MR) is 68.4 cm³/mol. The first-order chi connectivity index (χ1) is 8.58. The Labute approximate surface area is 104 Å². The molecule has 92 valence electrons. The van der Waals surface area contributed by atoms with Crippen LogP contribution in [0.15, 0.2) is 48.5 Å². The highest BCUT2D eigenvalue weighted by Gasteiger charge is 2.20. The van der Waals surface area contributed by atoms with E-state index in [1.165, 1.54) is 12.1 Å². The lowest BCUT2D eigenvalue weighted by Gasteiger charge is -2.14. The Bertz CT molecular complexity index is 567. The average molecular weight is 244 g/mol. The second-order valence-electron chi connectivity index (χ2n) is 3.91. The van der Waals surface area contributed by atoms with Gasteiger partial charge in [0.15, 0.2) is 5.03 Å². The fraction of sp³-hybridized carbons (Fsp3) is 0.0769. The number of phenols is 1. The van der Waals surface area contributed by atoms with Crippen molar-refractivity contribution >= 4 is 11.4 Å². The lowest BCUT2D eigenvalue weighted by molar-refractivity contribution is -0.483. The van der Waals surface area contributed by atoms with Crippen molar-refractivity contribution in [3.05, 3.63) is 64.2 Å². The van der Waals surface area contributed by atoms with E-state index in [0.29, 0.717) is 11.4 Å². The van der Waals surface area contributed by atoms with Crippen molar-refractivity contribution in [2.75, 3.05) is 5.01 Å². The van der Waals surface area contributed by atoms with Gasteiger partial charge in [0.2, 0.25) is 0 Å². The molecule has 0 bridgehead atoms. The van der Waals surface area contributed by atoms with Crippen LogP contribution in [0, 0.1) is 17.0 Å². The molecule has 2 aromatic rings. The van der Waals surface area contributed by atoms with Crippen LogP contribution in [0.25, 0.3) is 0 Å². The SMILES string of the molecule is Cc1ccc(N(c2cccc(O)c2)[N+](=O)[O-])cc1. The zero-order valence-corrected chi connectivity index (χ0v) is 9.78. The standard InChI is InChI=1S/C13H12N2O3/c1-10-5-7-11(8-6-10)14(15(17)18)12-3-2-4-13(16)9-12/h2-9,16H,1H3. The number of aromatic hydroxyl groups is 1. The molecule has 18 heavy (non-hydrogen) atoms. The maximum Gasteiger partial charge on any atom is 0.170 e. The van der Waals surface area contributed by atoms with Crippen molar-refractivity contribution in [2.45, 2.75) is 6.92 Å². The van der Waals surface area contributed by atoms with E-state index in [2.05, 4.69) is 0 Å². The molecule has 0 aromatic heterocycles. The first-order valence-electron chi connectivity index (χ1n) is 5.38. The molecule has 2 rings (SSSR count). The minimum Gasteiger partial charge on any atom is -0.508 e. The quantitative estimate of drug-likeness (QED) is 0.665. The first kappa shape index (κ1) is 11.9. The molecular formula is C13H12N2O3. The smallest absolute Gasteiger partial charge is 0.170 e. The molecule has 0 amide bonds. The highest BCUT2D eigenvalue weighted by Crippen LogP contribution is 2.27. The Hall–Kier alpha value is -2.56. The zero-order valence-electron chi connectivity index (χ0n) is 9.78. The Morgan fingerprint density at radius 1 is 1.11 bits per heavy atom. The molecule has 2 aromatic carbocycles. The number of rotatable bonds is 3. The van der Waals surface area contributed by atoms with Crippen LogP contribution in [0.3, 0.4) is 0 Å². The van der Waals surface area contributed by atoms with Crippen molar-refractivity contribution in [2.24, 2.45) is 0 Å². The highest BCUT2D eigenvalue weighted by molar-refractivity contribution is 5.61. The van der Waals surface area contributed by atoms with Crippen LogP contribution in [-0.2, 0) is 0 Å². The molecule has 0 aliphatic carbocycles. The van der Waals surface area contributed by atoms with E-state index in [9.17, 15) is 15.2 Å². The minimum atomic E-state index is -0.514. The largest absolute Gasteiger partial charge is 0.508 e. The number of hydrazine groups is 1. The van der Waals surface area contributed by atoms with Gasteiger partial charge in [0, 0.05) is 6.07 Å². The fourth-order valence-electron chi connectivity index (χ4n) is 1.65. The average Bonchev–Trinajstić information content (AvgIpc) is 2.32. The number of nitrogens with zero attached hydrogens (tertiary/aromatic N) is 2. The van der Waals surface area contributed by atoms with Crippen LogP contribution in [0.2, 0.25) is 0 Å². The van der Waals surface area contributed by atoms with Gasteiger partial charge in [-0.1, -0.05) is 28.8 Å². The van der Waals surface area contributed by atoms with Crippen LogP contribution >= 0.6 is 0 Å². The Morgan fingerprint density at radius 3 is 2.33 bits per heavy atom. The lowest BCUT2D eigenvalue weighted by Crippen LogP contribution is -2.24. The summed E-state index contributed by atoms with van der Waals surface area (Å²) in [5.41, 5.74) is 1.78. The van der Waals surface area contributed by atoms with Gasteiger partial charge in [-0.25, -0.2) is 10.1 Å². The van der Waals surface area contributed by atoms with E-state index in [1.54, 1.807) is 36.4 Å². The molecule has 0 aliphatic heterocycles. The van der Waals surface area contributed by atoms with Crippen molar-refractivity contribution < 1.29 is 10.1 Å². The third-order valence-corrected chi connectivity index (χ3v) is 2.52. The van der Waals surface area contributed by atoms with Crippen LogP contribution in [-0.4, -0.2) is 10.1 Å². The van der Waals surface area contributed by atoms with E-state index in [0.717, 1.165) is 10.6 Å². The van der Waals surface area contributed by atoms with Gasteiger partial charge in [0.05, 0.1) is 0 Å². The Morgan fingerprint density at radius 2 is 1.78 bits per heavy atom. The maximum absolute atomic E-state index is 11.1. The minimum absolute atomic E-state index is 0.00791. The third-order valence-electron chi connectivity index (χ3n) is 2.52. The zero-order chi connectivity index (χ0) is 13.1. The summed E-state index contributed by atoms with van der Waals surface area (Å²) >= 11 is 0. The summed E-state index contributed by atoms with van der Waals surface area (Å²) in [6.07, 6.45) is 0. The second-order valence-corrected chi connectivity index (χ2v) is 3.91. The van der Waals surface area contributed by atoms with Gasteiger partial charge in [-0.15, -0.1) is 0 Å². The number of anilines is 2. The number of phenolic OH excluding ortho intramolecular Hbond substituents is 1. The van der Waals surface area contributed by atoms with Gasteiger partial charge in [0.25, 0.3) is 0 Å². The van der Waals surface area contributed by atoms with E-state index in [4.69, 9.17) is 0 Å². The van der Waals surface area contributed by atoms with Crippen molar-refractivity contribution in [3.8, 4) is 5.75 Å². The topological polar surface area (TPSA) is 66.6 Å². The Balaban J connectivity index is 2.46. The summed E-state index contributed by atoms with van der Waals surface area (Å²) in [4.78, 5) is 11.1. The van der Waals surface area contributed by atoms with Crippen molar-refractivity contribution in [3.63, 3.8) is 0 Å². The van der Waals surface area contributed by atoms with Crippen LogP contribution in [0.4, 0.5) is 11.4 Å². The van der Waals surface area contributed by atoms with Gasteiger partial charge in [-0.3, -0.25) is 0 Å². The summed E-state index contributed by atoms with van der Waals surface area (Å²) in [6, 6.07) is 12.9. The number of hydrogen-bond donors (Lipinski definition) is 1. The van der Waals surface area contributed by atoms with Gasteiger partial charge in [0.1, 0.15) is 17.1 Å². The van der Waals surface area contributed by atoms with E-state index >= 15 is 0 Å². The summed E-state index contributed by atoms with van der Waals surface area (Å²) < 4.78 is 0. The third kappa shape index (κ3) is 2.40. The van der Waals surface area contributed by atoms with E-state index < -0.39 is 5.03 Å². The molecule has 5 heteroatoms. The van der Waals surface area contributed by atoms with Crippen LogP contribution < -0.4 is 5.01 Å². The van der Waals surface area contributed by atoms with E-state index in [-0.39, 0.29) is 5.75 Å². The molecule has 0 saturated carbocycles. The van der Waals surface area contributed by atoms with Crippen molar-refractivity contribution in [1.29, 1.82) is 0 Å².